The van der Waals surface area contributed by atoms with E-state index in [4.69, 9.17) is 16.0 Å². The summed E-state index contributed by atoms with van der Waals surface area (Å²) < 4.78 is 5.47. The van der Waals surface area contributed by atoms with Crippen LogP contribution in [-0.2, 0) is 4.79 Å². The molecule has 1 fully saturated rings. The van der Waals surface area contributed by atoms with E-state index in [1.807, 2.05) is 0 Å². The van der Waals surface area contributed by atoms with Gasteiger partial charge in [-0.3, -0.25) is 0 Å². The first-order valence-electron chi connectivity index (χ1n) is 4.92. The molecule has 2 atom stereocenters. The van der Waals surface area contributed by atoms with Crippen molar-refractivity contribution < 1.29 is 33.2 Å². The zero-order valence-corrected chi connectivity index (χ0v) is 9.90. The average Bonchev–Trinajstić information content (AvgIpc) is 2.93. The third kappa shape index (κ3) is 2.21. The van der Waals surface area contributed by atoms with Crippen LogP contribution in [0.25, 0.3) is 11.1 Å². The molecule has 3 rings (SSSR count). The molecule has 1 aliphatic carbocycles. The fourth-order valence-corrected chi connectivity index (χ4v) is 1.97. The summed E-state index contributed by atoms with van der Waals surface area (Å²) in [7, 11) is 0. The van der Waals surface area contributed by atoms with E-state index in [9.17, 15) is 9.90 Å². The largest absolute Gasteiger partial charge is 1.00 e. The first-order valence-corrected chi connectivity index (χ1v) is 5.30. The van der Waals surface area contributed by atoms with E-state index < -0.39 is 11.9 Å². The molecule has 1 aromatic heterocycles. The van der Waals surface area contributed by atoms with Crippen LogP contribution in [-0.4, -0.2) is 11.0 Å². The van der Waals surface area contributed by atoms with Gasteiger partial charge in [0.2, 0.25) is 0 Å². The molecular formula is C11H7ClLiNO3. The van der Waals surface area contributed by atoms with Gasteiger partial charge in [-0.15, -0.1) is 0 Å². The number of carboxylic acids is 1. The van der Waals surface area contributed by atoms with Crippen molar-refractivity contribution in [1.82, 2.24) is 4.98 Å². The Labute approximate surface area is 114 Å². The number of rotatable bonds is 2. The summed E-state index contributed by atoms with van der Waals surface area (Å²) in [6.45, 7) is 0. The van der Waals surface area contributed by atoms with Crippen molar-refractivity contribution in [2.75, 3.05) is 0 Å². The second-order valence-electron chi connectivity index (χ2n) is 3.93. The Morgan fingerprint density at radius 2 is 2.29 bits per heavy atom. The smallest absolute Gasteiger partial charge is 0.550 e. The van der Waals surface area contributed by atoms with Crippen LogP contribution in [0.3, 0.4) is 0 Å². The Kier molecular flexibility index (Phi) is 3.22. The topological polar surface area (TPSA) is 66.2 Å². The van der Waals surface area contributed by atoms with Gasteiger partial charge in [-0.25, -0.2) is 4.98 Å². The maximum Gasteiger partial charge on any atom is 1.00 e. The number of benzene rings is 1. The Balaban J connectivity index is 0.00000108. The minimum absolute atomic E-state index is 0. The maximum atomic E-state index is 10.6. The zero-order valence-electron chi connectivity index (χ0n) is 9.14. The summed E-state index contributed by atoms with van der Waals surface area (Å²) in [6, 6.07) is 5.13. The molecule has 0 N–H and O–H groups in total. The third-order valence-electron chi connectivity index (χ3n) is 2.78. The first-order chi connectivity index (χ1) is 7.65. The van der Waals surface area contributed by atoms with E-state index >= 15 is 0 Å². The summed E-state index contributed by atoms with van der Waals surface area (Å²) in [5.74, 6) is -1.17. The van der Waals surface area contributed by atoms with E-state index in [1.165, 1.54) is 0 Å². The zero-order chi connectivity index (χ0) is 11.3. The van der Waals surface area contributed by atoms with Crippen molar-refractivity contribution in [2.45, 2.75) is 12.3 Å². The third-order valence-corrected chi connectivity index (χ3v) is 3.01. The van der Waals surface area contributed by atoms with Crippen molar-refractivity contribution in [3.05, 3.63) is 29.1 Å². The fourth-order valence-electron chi connectivity index (χ4n) is 1.81. The molecule has 4 nitrogen and oxygen atoms in total. The molecule has 0 bridgehead atoms. The molecule has 1 heterocycles. The Hall–Kier alpha value is -0.953. The molecule has 0 spiro atoms. The quantitative estimate of drug-likeness (QED) is 0.592. The van der Waals surface area contributed by atoms with E-state index in [2.05, 4.69) is 4.98 Å². The van der Waals surface area contributed by atoms with Gasteiger partial charge in [0.25, 0.3) is 0 Å². The molecule has 0 amide bonds. The second kappa shape index (κ2) is 4.38. The molecule has 1 aromatic carbocycles. The number of hydrogen-bond acceptors (Lipinski definition) is 4. The normalized spacial score (nSPS) is 22.2. The SMILES string of the molecule is O=C([O-])[C@@H]1C[C@H]1c1nc2cc(Cl)ccc2o1.[Li+]. The first kappa shape index (κ1) is 12.5. The monoisotopic (exact) mass is 243 g/mol. The molecule has 6 heteroatoms. The second-order valence-corrected chi connectivity index (χ2v) is 4.37. The molecule has 17 heavy (non-hydrogen) atoms. The fraction of sp³-hybridized carbons (Fsp3) is 0.273. The number of oxazole rings is 1. The Morgan fingerprint density at radius 1 is 1.53 bits per heavy atom. The average molecular weight is 244 g/mol. The Bertz CT molecular complexity index is 583. The standard InChI is InChI=1S/C11H8ClNO3.Li/c12-5-1-2-9-8(3-5)13-10(16-9)6-4-7(6)11(14)15;/h1-3,6-7H,4H2,(H,14,15);/q;+1/p-1/t6-,7-;/m1./s1. The number of aliphatic carboxylic acids is 1. The van der Waals surface area contributed by atoms with E-state index in [-0.39, 0.29) is 24.8 Å². The van der Waals surface area contributed by atoms with Gasteiger partial charge in [-0.05, 0) is 24.6 Å². The van der Waals surface area contributed by atoms with Crippen LogP contribution in [0, 0.1) is 5.92 Å². The number of carbonyl (C=O) groups is 1. The summed E-state index contributed by atoms with van der Waals surface area (Å²) in [5, 5.41) is 11.2. The number of carbonyl (C=O) groups excluding carboxylic acids is 1. The molecule has 0 aliphatic heterocycles. The summed E-state index contributed by atoms with van der Waals surface area (Å²) in [5.41, 5.74) is 1.29. The van der Waals surface area contributed by atoms with Crippen LogP contribution < -0.4 is 24.0 Å². The molecule has 1 aliphatic rings. The van der Waals surface area contributed by atoms with Crippen molar-refractivity contribution in [2.24, 2.45) is 5.92 Å². The summed E-state index contributed by atoms with van der Waals surface area (Å²) in [4.78, 5) is 14.8. The summed E-state index contributed by atoms with van der Waals surface area (Å²) in [6.07, 6.45) is 0.545. The van der Waals surface area contributed by atoms with Crippen molar-refractivity contribution in [3.8, 4) is 0 Å². The minimum Gasteiger partial charge on any atom is -0.550 e. The van der Waals surface area contributed by atoms with Crippen LogP contribution in [0.1, 0.15) is 18.2 Å². The predicted octanol–water partition coefficient (Wildman–Crippen LogP) is -1.66. The molecule has 82 valence electrons. The van der Waals surface area contributed by atoms with Crippen LogP contribution in [0.4, 0.5) is 0 Å². The number of halogens is 1. The number of hydrogen-bond donors (Lipinski definition) is 0. The Morgan fingerprint density at radius 3 is 2.94 bits per heavy atom. The molecule has 0 saturated heterocycles. The molecule has 1 saturated carbocycles. The van der Waals surface area contributed by atoms with E-state index in [0.29, 0.717) is 28.4 Å². The maximum absolute atomic E-state index is 10.6. The van der Waals surface area contributed by atoms with Crippen molar-refractivity contribution >= 4 is 28.7 Å². The minimum atomic E-state index is -1.04. The summed E-state index contributed by atoms with van der Waals surface area (Å²) >= 11 is 5.82. The van der Waals surface area contributed by atoms with Crippen molar-refractivity contribution in [3.63, 3.8) is 0 Å². The van der Waals surface area contributed by atoms with Crippen LogP contribution in [0.2, 0.25) is 5.02 Å². The van der Waals surface area contributed by atoms with Gasteiger partial charge in [-0.2, -0.15) is 0 Å². The van der Waals surface area contributed by atoms with Gasteiger partial charge in [-0.1, -0.05) is 11.6 Å². The predicted molar refractivity (Wildman–Crippen MR) is 54.9 cm³/mol. The van der Waals surface area contributed by atoms with Gasteiger partial charge < -0.3 is 14.3 Å². The van der Waals surface area contributed by atoms with Gasteiger partial charge in [0.1, 0.15) is 5.52 Å². The van der Waals surface area contributed by atoms with Crippen molar-refractivity contribution in [1.29, 1.82) is 0 Å². The van der Waals surface area contributed by atoms with Crippen LogP contribution >= 0.6 is 11.6 Å². The molecule has 0 unspecified atom stereocenters. The van der Waals surface area contributed by atoms with Crippen LogP contribution in [0.5, 0.6) is 0 Å². The van der Waals surface area contributed by atoms with Crippen LogP contribution in [0.15, 0.2) is 22.6 Å². The molecule has 0 radical (unpaired) electrons. The number of carboxylic acid groups (broad SMARTS) is 1. The number of fused-ring (bicyclic) bond motifs is 1. The number of aromatic nitrogens is 1. The van der Waals surface area contributed by atoms with Gasteiger partial charge >= 0.3 is 18.9 Å². The number of nitrogens with zero attached hydrogens (tertiary/aromatic N) is 1. The van der Waals surface area contributed by atoms with E-state index in [1.54, 1.807) is 18.2 Å². The van der Waals surface area contributed by atoms with Gasteiger partial charge in [0.15, 0.2) is 11.5 Å². The molecule has 2 aromatic rings. The van der Waals surface area contributed by atoms with E-state index in [0.717, 1.165) is 0 Å². The molecular weight excluding hydrogens is 237 g/mol. The van der Waals surface area contributed by atoms with Gasteiger partial charge in [0, 0.05) is 22.8 Å². The van der Waals surface area contributed by atoms with Gasteiger partial charge in [0.05, 0.1) is 0 Å².